The number of hydrogen-bond donors (Lipinski definition) is 1. The van der Waals surface area contributed by atoms with Crippen LogP contribution in [-0.2, 0) is 25.7 Å². The maximum absolute atomic E-state index is 14.3. The third-order valence-corrected chi connectivity index (χ3v) is 8.50. The molecule has 3 aromatic carbocycles. The Labute approximate surface area is 242 Å². The molecule has 0 amide bonds. The predicted molar refractivity (Wildman–Crippen MR) is 141 cm³/mol. The Bertz CT molecular complexity index is 1620. The molecule has 43 heavy (non-hydrogen) atoms. The van der Waals surface area contributed by atoms with Crippen molar-refractivity contribution in [2.45, 2.75) is 37.1 Å². The zero-order valence-corrected chi connectivity index (χ0v) is 23.4. The van der Waals surface area contributed by atoms with Gasteiger partial charge < -0.3 is 19.3 Å². The maximum Gasteiger partial charge on any atom is 0.416 e. The Morgan fingerprint density at radius 1 is 1.09 bits per heavy atom. The molecule has 0 saturated heterocycles. The molecule has 0 saturated carbocycles. The van der Waals surface area contributed by atoms with Crippen LogP contribution in [0.2, 0.25) is 0 Å². The van der Waals surface area contributed by atoms with Crippen molar-refractivity contribution >= 4 is 21.7 Å². The van der Waals surface area contributed by atoms with E-state index >= 15 is 0 Å². The van der Waals surface area contributed by atoms with E-state index in [1.807, 2.05) is 0 Å². The molecule has 1 N–H and O–H groups in total. The molecule has 8 nitrogen and oxygen atoms in total. The molecule has 0 fully saturated rings. The highest BCUT2D eigenvalue weighted by molar-refractivity contribution is 7.92. The molecule has 3 aromatic rings. The van der Waals surface area contributed by atoms with Crippen LogP contribution in [0.3, 0.4) is 0 Å². The minimum atomic E-state index is -4.84. The molecule has 1 aliphatic heterocycles. The second-order valence-electron chi connectivity index (χ2n) is 10.0. The van der Waals surface area contributed by atoms with Crippen molar-refractivity contribution in [1.29, 1.82) is 0 Å². The zero-order chi connectivity index (χ0) is 31.7. The molecule has 1 aliphatic rings. The minimum Gasteiger partial charge on any atom is -0.486 e. The molecule has 0 spiro atoms. The minimum absolute atomic E-state index is 0.0236. The van der Waals surface area contributed by atoms with E-state index in [1.54, 1.807) is 0 Å². The number of nitrogens with zero attached hydrogens (tertiary/aromatic N) is 1. The van der Waals surface area contributed by atoms with Gasteiger partial charge in [0.25, 0.3) is 10.0 Å². The second-order valence-corrected chi connectivity index (χ2v) is 11.9. The van der Waals surface area contributed by atoms with E-state index in [4.69, 9.17) is 9.47 Å². The van der Waals surface area contributed by atoms with Crippen LogP contribution in [0.15, 0.2) is 65.6 Å². The van der Waals surface area contributed by atoms with Crippen molar-refractivity contribution in [3.05, 3.63) is 72.0 Å². The van der Waals surface area contributed by atoms with Crippen LogP contribution in [0, 0.1) is 11.2 Å². The molecule has 15 heteroatoms. The van der Waals surface area contributed by atoms with Gasteiger partial charge in [0, 0.05) is 19.6 Å². The number of carboxylic acid groups (broad SMARTS) is 1. The van der Waals surface area contributed by atoms with Gasteiger partial charge in [0.05, 0.1) is 34.7 Å². The molecule has 232 valence electrons. The second kappa shape index (κ2) is 12.0. The first kappa shape index (κ1) is 31.9. The average Bonchev–Trinajstić information content (AvgIpc) is 2.91. The number of aliphatic carboxylic acids is 1. The number of fused-ring (bicyclic) bond motifs is 1. The fraction of sp³-hybridized carbons (Fsp3) is 0.321. The summed E-state index contributed by atoms with van der Waals surface area (Å²) < 4.78 is 124. The van der Waals surface area contributed by atoms with Crippen LogP contribution in [0.4, 0.5) is 32.0 Å². The number of methoxy groups -OCH3 is 1. The van der Waals surface area contributed by atoms with Crippen molar-refractivity contribution in [3.8, 4) is 22.6 Å². The van der Waals surface area contributed by atoms with Gasteiger partial charge in [0.1, 0.15) is 23.4 Å². The number of carboxylic acids is 1. The number of anilines is 1. The third kappa shape index (κ3) is 6.99. The Balaban J connectivity index is 1.84. The number of carbonyl (C=O) groups is 1. The number of benzene rings is 3. The van der Waals surface area contributed by atoms with E-state index in [1.165, 1.54) is 32.2 Å². The summed E-state index contributed by atoms with van der Waals surface area (Å²) >= 11 is 0. The van der Waals surface area contributed by atoms with Crippen LogP contribution in [0.1, 0.15) is 18.9 Å². The standard InChI is InChI=1S/C28H25F6NO7S/c1-27(15-40-2,25(36)37)13-21-14-35(43(38,39)22-5-3-4-18(11-22)28(32,33)34)23-10-16(6-7-24(23)41-21)17-8-19(29)12-20(9-17)42-26(30)31/h3-12,21,26H,13-15H2,1-2H3,(H,36,37)/t21-,27+/m0/s1. The van der Waals surface area contributed by atoms with Gasteiger partial charge in [-0.1, -0.05) is 12.1 Å². The van der Waals surface area contributed by atoms with Crippen molar-refractivity contribution < 1.29 is 58.9 Å². The number of sulfonamides is 1. The van der Waals surface area contributed by atoms with Gasteiger partial charge in [-0.2, -0.15) is 22.0 Å². The largest absolute Gasteiger partial charge is 0.486 e. The Hall–Kier alpha value is -3.98. The lowest BCUT2D eigenvalue weighted by atomic mass is 9.85. The molecular formula is C28H25F6NO7S. The zero-order valence-electron chi connectivity index (χ0n) is 22.6. The lowest BCUT2D eigenvalue weighted by molar-refractivity contribution is -0.153. The molecular weight excluding hydrogens is 608 g/mol. The number of alkyl halides is 5. The number of ether oxygens (including phenoxy) is 3. The summed E-state index contributed by atoms with van der Waals surface area (Å²) in [6, 6.07) is 9.82. The highest BCUT2D eigenvalue weighted by Crippen LogP contribution is 2.43. The van der Waals surface area contributed by atoms with E-state index in [0.29, 0.717) is 12.1 Å². The van der Waals surface area contributed by atoms with Gasteiger partial charge in [0.2, 0.25) is 0 Å². The van der Waals surface area contributed by atoms with Gasteiger partial charge in [-0.15, -0.1) is 0 Å². The lowest BCUT2D eigenvalue weighted by Gasteiger charge is -2.38. The molecule has 0 unspecified atom stereocenters. The van der Waals surface area contributed by atoms with Crippen molar-refractivity contribution in [1.82, 2.24) is 0 Å². The third-order valence-electron chi connectivity index (χ3n) is 6.73. The van der Waals surface area contributed by atoms with E-state index < -0.39 is 68.9 Å². The number of rotatable bonds is 10. The molecule has 0 radical (unpaired) electrons. The number of halogens is 6. The normalized spacial score (nSPS) is 16.8. The Kier molecular flexibility index (Phi) is 8.88. The Morgan fingerprint density at radius 2 is 1.81 bits per heavy atom. The van der Waals surface area contributed by atoms with Crippen LogP contribution in [0.25, 0.3) is 11.1 Å². The summed E-state index contributed by atoms with van der Waals surface area (Å²) in [5.41, 5.74) is -2.73. The van der Waals surface area contributed by atoms with E-state index in [9.17, 15) is 44.7 Å². The van der Waals surface area contributed by atoms with Gasteiger partial charge in [-0.05, 0) is 60.5 Å². The fourth-order valence-corrected chi connectivity index (χ4v) is 6.26. The molecule has 4 rings (SSSR count). The molecule has 0 aliphatic carbocycles. The fourth-order valence-electron chi connectivity index (χ4n) is 4.71. The SMILES string of the molecule is COC[C@@](C)(C[C@H]1CN(S(=O)(=O)c2cccc(C(F)(F)F)c2)c2cc(-c3cc(F)cc(OC(F)F)c3)ccc2O1)C(=O)O. The predicted octanol–water partition coefficient (Wildman–Crippen LogP) is 6.20. The summed E-state index contributed by atoms with van der Waals surface area (Å²) in [4.78, 5) is 11.3. The topological polar surface area (TPSA) is 102 Å². The summed E-state index contributed by atoms with van der Waals surface area (Å²) in [7, 11) is -3.45. The molecule has 2 atom stereocenters. The van der Waals surface area contributed by atoms with Crippen molar-refractivity contribution in [2.24, 2.45) is 5.41 Å². The van der Waals surface area contributed by atoms with E-state index in [2.05, 4.69) is 4.74 Å². The monoisotopic (exact) mass is 633 g/mol. The van der Waals surface area contributed by atoms with Crippen LogP contribution >= 0.6 is 0 Å². The molecule has 1 heterocycles. The molecule has 0 bridgehead atoms. The highest BCUT2D eigenvalue weighted by Gasteiger charge is 2.42. The van der Waals surface area contributed by atoms with Crippen LogP contribution < -0.4 is 13.8 Å². The summed E-state index contributed by atoms with van der Waals surface area (Å²) in [5, 5.41) is 9.80. The van der Waals surface area contributed by atoms with Gasteiger partial charge in [0.15, 0.2) is 0 Å². The Morgan fingerprint density at radius 3 is 2.44 bits per heavy atom. The van der Waals surface area contributed by atoms with Gasteiger partial charge in [-0.25, -0.2) is 12.8 Å². The van der Waals surface area contributed by atoms with E-state index in [-0.39, 0.29) is 35.6 Å². The van der Waals surface area contributed by atoms with Crippen LogP contribution in [-0.4, -0.2) is 52.5 Å². The van der Waals surface area contributed by atoms with E-state index in [0.717, 1.165) is 34.6 Å². The first-order chi connectivity index (χ1) is 20.0. The van der Waals surface area contributed by atoms with Crippen molar-refractivity contribution in [3.63, 3.8) is 0 Å². The van der Waals surface area contributed by atoms with Gasteiger partial charge in [-0.3, -0.25) is 9.10 Å². The lowest BCUT2D eigenvalue weighted by Crippen LogP contribution is -2.47. The molecule has 0 aromatic heterocycles. The number of hydrogen-bond acceptors (Lipinski definition) is 6. The van der Waals surface area contributed by atoms with Crippen LogP contribution in [0.5, 0.6) is 11.5 Å². The first-order valence-corrected chi connectivity index (χ1v) is 14.0. The summed E-state index contributed by atoms with van der Waals surface area (Å²) in [6.07, 6.45) is -6.18. The maximum atomic E-state index is 14.3. The summed E-state index contributed by atoms with van der Waals surface area (Å²) in [5.74, 6) is -2.75. The average molecular weight is 634 g/mol. The van der Waals surface area contributed by atoms with Crippen molar-refractivity contribution in [2.75, 3.05) is 24.6 Å². The smallest absolute Gasteiger partial charge is 0.416 e. The highest BCUT2D eigenvalue weighted by atomic mass is 32.2. The van der Waals surface area contributed by atoms with Gasteiger partial charge >= 0.3 is 18.8 Å². The summed E-state index contributed by atoms with van der Waals surface area (Å²) in [6.45, 7) is -2.64. The quantitative estimate of drug-likeness (QED) is 0.266. The first-order valence-electron chi connectivity index (χ1n) is 12.5.